The lowest BCUT2D eigenvalue weighted by Gasteiger charge is -2.21. The number of hydrogen-bond acceptors (Lipinski definition) is 7. The first kappa shape index (κ1) is 21.0. The summed E-state index contributed by atoms with van der Waals surface area (Å²) in [5, 5.41) is 1.77. The molecular weight excluding hydrogens is 416 g/mol. The largest absolute Gasteiger partial charge is 0.497 e. The number of aromatic amines is 1. The summed E-state index contributed by atoms with van der Waals surface area (Å²) in [6.07, 6.45) is 0. The summed E-state index contributed by atoms with van der Waals surface area (Å²) in [5.74, 6) is 0.383. The van der Waals surface area contributed by atoms with Crippen LogP contribution in [0.5, 0.6) is 5.75 Å². The van der Waals surface area contributed by atoms with Crippen molar-refractivity contribution in [3.8, 4) is 5.75 Å². The van der Waals surface area contributed by atoms with Crippen LogP contribution >= 0.6 is 11.3 Å². The maximum atomic E-state index is 12.6. The number of methoxy groups -OCH3 is 1. The van der Waals surface area contributed by atoms with E-state index < -0.39 is 22.0 Å². The van der Waals surface area contributed by atoms with Crippen molar-refractivity contribution in [2.45, 2.75) is 24.4 Å². The quantitative estimate of drug-likeness (QED) is 0.576. The number of nitrogens with one attached hydrogen (secondary N) is 2. The van der Waals surface area contributed by atoms with Gasteiger partial charge in [0, 0.05) is 7.05 Å². The highest BCUT2D eigenvalue weighted by atomic mass is 32.2. The Labute approximate surface area is 171 Å². The van der Waals surface area contributed by atoms with E-state index in [1.165, 1.54) is 61.6 Å². The normalized spacial score (nSPS) is 12.7. The Balaban J connectivity index is 1.70. The number of ether oxygens (including phenoxy) is 1. The maximum Gasteiger partial charge on any atom is 0.268 e. The van der Waals surface area contributed by atoms with Crippen LogP contribution in [0, 0.1) is 0 Å². The number of aromatic nitrogens is 2. The van der Waals surface area contributed by atoms with Crippen molar-refractivity contribution in [1.29, 1.82) is 0 Å². The van der Waals surface area contributed by atoms with Crippen LogP contribution in [0.3, 0.4) is 0 Å². The van der Waals surface area contributed by atoms with Gasteiger partial charge in [0.2, 0.25) is 15.9 Å². The maximum absolute atomic E-state index is 12.6. The van der Waals surface area contributed by atoms with Crippen LogP contribution in [0.1, 0.15) is 12.7 Å². The van der Waals surface area contributed by atoms with Gasteiger partial charge in [-0.3, -0.25) is 9.59 Å². The summed E-state index contributed by atoms with van der Waals surface area (Å²) in [7, 11) is -0.894. The van der Waals surface area contributed by atoms with Gasteiger partial charge in [-0.15, -0.1) is 11.3 Å². The van der Waals surface area contributed by atoms with Gasteiger partial charge in [0.15, 0.2) is 0 Å². The van der Waals surface area contributed by atoms with Gasteiger partial charge in [-0.05, 0) is 42.6 Å². The fourth-order valence-corrected chi connectivity index (χ4v) is 4.66. The smallest absolute Gasteiger partial charge is 0.268 e. The first-order chi connectivity index (χ1) is 13.7. The minimum Gasteiger partial charge on any atom is -0.497 e. The zero-order valence-corrected chi connectivity index (χ0v) is 17.6. The molecule has 11 heteroatoms. The van der Waals surface area contributed by atoms with Crippen LogP contribution in [0.25, 0.3) is 10.2 Å². The van der Waals surface area contributed by atoms with Gasteiger partial charge in [-0.1, -0.05) is 0 Å². The molecule has 0 saturated heterocycles. The number of hydrogen-bond donors (Lipinski definition) is 2. The van der Waals surface area contributed by atoms with Gasteiger partial charge in [-0.25, -0.2) is 13.4 Å². The number of benzene rings is 1. The molecule has 2 N–H and O–H groups in total. The van der Waals surface area contributed by atoms with E-state index in [9.17, 15) is 18.0 Å². The van der Waals surface area contributed by atoms with E-state index in [4.69, 9.17) is 4.74 Å². The number of likely N-dealkylation sites (N-methyl/N-ethyl adjacent to an activating group) is 1. The molecule has 3 rings (SSSR count). The molecule has 0 aliphatic carbocycles. The van der Waals surface area contributed by atoms with Crippen molar-refractivity contribution >= 4 is 37.5 Å². The summed E-state index contributed by atoms with van der Waals surface area (Å²) in [4.78, 5) is 33.0. The molecule has 0 radical (unpaired) electrons. The summed E-state index contributed by atoms with van der Waals surface area (Å²) in [6.45, 7) is 1.49. The van der Waals surface area contributed by atoms with Crippen LogP contribution in [-0.2, 0) is 21.4 Å². The van der Waals surface area contributed by atoms with E-state index in [1.54, 1.807) is 11.4 Å². The van der Waals surface area contributed by atoms with Crippen molar-refractivity contribution in [3.63, 3.8) is 0 Å². The lowest BCUT2D eigenvalue weighted by atomic mass is 10.3. The zero-order valence-electron chi connectivity index (χ0n) is 16.0. The molecule has 2 heterocycles. The van der Waals surface area contributed by atoms with Crippen molar-refractivity contribution < 1.29 is 17.9 Å². The van der Waals surface area contributed by atoms with E-state index in [-0.39, 0.29) is 17.0 Å². The molecule has 1 aromatic carbocycles. The Kier molecular flexibility index (Phi) is 6.01. The molecule has 3 aromatic rings. The predicted octanol–water partition coefficient (Wildman–Crippen LogP) is 1.32. The SMILES string of the molecule is COc1ccc(S(=O)(=O)N[C@@H](C)C(=O)N(C)Cc2nc3ccsc3c(=O)[nH]2)cc1. The predicted molar refractivity (Wildman–Crippen MR) is 109 cm³/mol. The fraction of sp³-hybridized carbons (Fsp3) is 0.278. The number of amides is 1. The molecule has 0 saturated carbocycles. The van der Waals surface area contributed by atoms with Crippen LogP contribution in [-0.4, -0.2) is 49.4 Å². The lowest BCUT2D eigenvalue weighted by Crippen LogP contribution is -2.45. The van der Waals surface area contributed by atoms with E-state index in [1.807, 2.05) is 0 Å². The molecule has 0 aliphatic heterocycles. The minimum absolute atomic E-state index is 0.0227. The second kappa shape index (κ2) is 8.31. The molecule has 0 aliphatic rings. The second-order valence-electron chi connectivity index (χ2n) is 6.36. The second-order valence-corrected chi connectivity index (χ2v) is 8.99. The molecule has 0 bridgehead atoms. The van der Waals surface area contributed by atoms with E-state index >= 15 is 0 Å². The standard InChI is InChI=1S/C18H20N4O5S2/c1-11(21-29(25,26)13-6-4-12(27-3)5-7-13)18(24)22(2)10-15-19-14-8-9-28-16(14)17(23)20-15/h4-9,11,21H,10H2,1-3H3,(H,19,20,23)/t11-/m0/s1. The Hall–Kier alpha value is -2.76. The Morgan fingerprint density at radius 2 is 2.00 bits per heavy atom. The van der Waals surface area contributed by atoms with Crippen LogP contribution in [0.4, 0.5) is 0 Å². The van der Waals surface area contributed by atoms with Gasteiger partial charge in [0.1, 0.15) is 16.3 Å². The van der Waals surface area contributed by atoms with Crippen LogP contribution in [0.15, 0.2) is 45.4 Å². The molecule has 1 atom stereocenters. The van der Waals surface area contributed by atoms with Gasteiger partial charge in [0.25, 0.3) is 5.56 Å². The number of fused-ring (bicyclic) bond motifs is 1. The number of H-pyrrole nitrogens is 1. The topological polar surface area (TPSA) is 121 Å². The number of thiophene rings is 1. The average molecular weight is 437 g/mol. The highest BCUT2D eigenvalue weighted by molar-refractivity contribution is 7.89. The number of sulfonamides is 1. The number of nitrogens with zero attached hydrogens (tertiary/aromatic N) is 2. The first-order valence-electron chi connectivity index (χ1n) is 8.59. The van der Waals surface area contributed by atoms with E-state index in [0.29, 0.717) is 21.8 Å². The third-order valence-corrected chi connectivity index (χ3v) is 6.66. The van der Waals surface area contributed by atoms with Gasteiger partial charge < -0.3 is 14.6 Å². The third-order valence-electron chi connectivity index (χ3n) is 4.20. The molecule has 9 nitrogen and oxygen atoms in total. The van der Waals surface area contributed by atoms with Crippen molar-refractivity contribution in [2.75, 3.05) is 14.2 Å². The van der Waals surface area contributed by atoms with Crippen molar-refractivity contribution in [2.24, 2.45) is 0 Å². The number of rotatable bonds is 7. The first-order valence-corrected chi connectivity index (χ1v) is 11.0. The highest BCUT2D eigenvalue weighted by Crippen LogP contribution is 2.16. The minimum atomic E-state index is -3.89. The molecule has 154 valence electrons. The fourth-order valence-electron chi connectivity index (χ4n) is 2.74. The summed E-state index contributed by atoms with van der Waals surface area (Å²) in [5.41, 5.74) is 0.289. The summed E-state index contributed by atoms with van der Waals surface area (Å²) >= 11 is 1.29. The molecule has 0 fully saturated rings. The van der Waals surface area contributed by atoms with Gasteiger partial charge in [-0.2, -0.15) is 4.72 Å². The van der Waals surface area contributed by atoms with Crippen molar-refractivity contribution in [1.82, 2.24) is 19.6 Å². The Bertz CT molecular complexity index is 1180. The lowest BCUT2D eigenvalue weighted by molar-refractivity contribution is -0.131. The zero-order chi connectivity index (χ0) is 21.2. The number of carbonyl (C=O) groups excluding carboxylic acids is 1. The monoisotopic (exact) mass is 436 g/mol. The van der Waals surface area contributed by atoms with Crippen LogP contribution in [0.2, 0.25) is 0 Å². The average Bonchev–Trinajstić information content (AvgIpc) is 3.16. The van der Waals surface area contributed by atoms with Crippen LogP contribution < -0.4 is 15.0 Å². The molecular formula is C18H20N4O5S2. The van der Waals surface area contributed by atoms with E-state index in [0.717, 1.165) is 0 Å². The Morgan fingerprint density at radius 3 is 2.66 bits per heavy atom. The highest BCUT2D eigenvalue weighted by Gasteiger charge is 2.25. The summed E-state index contributed by atoms with van der Waals surface area (Å²) < 4.78 is 32.9. The molecule has 1 amide bonds. The molecule has 0 unspecified atom stereocenters. The Morgan fingerprint density at radius 1 is 1.31 bits per heavy atom. The van der Waals surface area contributed by atoms with Crippen molar-refractivity contribution in [3.05, 3.63) is 51.9 Å². The van der Waals surface area contributed by atoms with Gasteiger partial charge >= 0.3 is 0 Å². The third kappa shape index (κ3) is 4.63. The molecule has 2 aromatic heterocycles. The molecule has 29 heavy (non-hydrogen) atoms. The number of carbonyl (C=O) groups is 1. The van der Waals surface area contributed by atoms with Gasteiger partial charge in [0.05, 0.1) is 30.1 Å². The molecule has 0 spiro atoms. The summed E-state index contributed by atoms with van der Waals surface area (Å²) in [6, 6.07) is 6.56. The van der Waals surface area contributed by atoms with E-state index in [2.05, 4.69) is 14.7 Å².